The molecule has 1 saturated heterocycles. The second-order valence-corrected chi connectivity index (χ2v) is 4.53. The summed E-state index contributed by atoms with van der Waals surface area (Å²) in [6, 6.07) is 4.05. The van der Waals surface area contributed by atoms with Gasteiger partial charge in [-0.15, -0.1) is 5.10 Å². The van der Waals surface area contributed by atoms with Crippen LogP contribution >= 0.6 is 11.8 Å². The molecule has 1 fully saturated rings. The van der Waals surface area contributed by atoms with Crippen molar-refractivity contribution in [3.05, 3.63) is 29.3 Å². The number of rotatable bonds is 3. The molecule has 1 aromatic rings. The molecule has 0 atom stereocenters. The lowest BCUT2D eigenvalue weighted by Crippen LogP contribution is -2.19. The Morgan fingerprint density at radius 1 is 1.47 bits per heavy atom. The number of amides is 1. The van der Waals surface area contributed by atoms with Crippen LogP contribution in [-0.2, 0) is 4.79 Å². The van der Waals surface area contributed by atoms with Crippen LogP contribution < -0.4 is 5.32 Å². The highest BCUT2D eigenvalue weighted by Gasteiger charge is 2.16. The van der Waals surface area contributed by atoms with Crippen molar-refractivity contribution in [1.29, 1.82) is 0 Å². The fraction of sp³-hybridized carbons (Fsp3) is 0.0909. The van der Waals surface area contributed by atoms with Crippen LogP contribution in [0.25, 0.3) is 0 Å². The van der Waals surface area contributed by atoms with Crippen LogP contribution in [-0.4, -0.2) is 39.2 Å². The van der Waals surface area contributed by atoms with E-state index in [0.29, 0.717) is 16.5 Å². The van der Waals surface area contributed by atoms with Crippen molar-refractivity contribution in [1.82, 2.24) is 5.32 Å². The number of nitrogens with zero attached hydrogens (tertiary/aromatic N) is 2. The molecule has 7 nitrogen and oxygen atoms in total. The van der Waals surface area contributed by atoms with E-state index in [1.54, 1.807) is 0 Å². The minimum absolute atomic E-state index is 0.128. The number of carboxylic acids is 1. The molecular weight excluding hydrogens is 270 g/mol. The van der Waals surface area contributed by atoms with E-state index in [0.717, 1.165) is 0 Å². The summed E-state index contributed by atoms with van der Waals surface area (Å²) in [6.07, 6.45) is 1.34. The number of carbonyl (C=O) groups excluding carboxylic acids is 1. The Morgan fingerprint density at radius 3 is 2.89 bits per heavy atom. The zero-order valence-electron chi connectivity index (χ0n) is 9.53. The Hall–Kier alpha value is -2.35. The summed E-state index contributed by atoms with van der Waals surface area (Å²) in [6.45, 7) is 0. The molecule has 19 heavy (non-hydrogen) atoms. The molecule has 1 aromatic carbocycles. The van der Waals surface area contributed by atoms with Gasteiger partial charge in [0.2, 0.25) is 5.91 Å². The summed E-state index contributed by atoms with van der Waals surface area (Å²) >= 11 is 1.24. The van der Waals surface area contributed by atoms with Gasteiger partial charge in [0.15, 0.2) is 5.17 Å². The van der Waals surface area contributed by atoms with Crippen molar-refractivity contribution in [2.45, 2.75) is 0 Å². The molecule has 3 N–H and O–H groups in total. The molecule has 1 heterocycles. The maximum absolute atomic E-state index is 10.9. The topological polar surface area (TPSA) is 111 Å². The lowest BCUT2D eigenvalue weighted by Gasteiger charge is -1.99. The first-order valence-corrected chi connectivity index (χ1v) is 6.15. The standard InChI is InChI=1S/C11H9N3O4S/c15-8-2-1-6(3-7(8)10(17)18)4-12-14-11-13-9(16)5-19-11/h1-4,15H,5H2,(H,17,18)(H,13,14,16). The van der Waals surface area contributed by atoms with Gasteiger partial charge in [-0.3, -0.25) is 4.79 Å². The Labute approximate surface area is 112 Å². The van der Waals surface area contributed by atoms with Gasteiger partial charge < -0.3 is 15.5 Å². The first kappa shape index (κ1) is 13.1. The van der Waals surface area contributed by atoms with Crippen LogP contribution in [0, 0.1) is 0 Å². The maximum Gasteiger partial charge on any atom is 0.339 e. The first-order chi connectivity index (χ1) is 9.06. The molecule has 0 spiro atoms. The SMILES string of the molecule is O=C1CSC(=NN=Cc2ccc(O)c(C(=O)O)c2)N1. The van der Waals surface area contributed by atoms with Gasteiger partial charge in [0.05, 0.1) is 12.0 Å². The minimum Gasteiger partial charge on any atom is -0.507 e. The normalized spacial score (nSPS) is 17.1. The number of nitrogens with one attached hydrogen (secondary N) is 1. The number of benzene rings is 1. The molecule has 0 saturated carbocycles. The summed E-state index contributed by atoms with van der Waals surface area (Å²) in [7, 11) is 0. The van der Waals surface area contributed by atoms with Crippen LogP contribution in [0.5, 0.6) is 5.75 Å². The van der Waals surface area contributed by atoms with Crippen molar-refractivity contribution >= 4 is 35.0 Å². The van der Waals surface area contributed by atoms with E-state index in [1.807, 2.05) is 0 Å². The van der Waals surface area contributed by atoms with E-state index in [9.17, 15) is 14.7 Å². The number of phenols is 1. The Bertz CT molecular complexity index is 598. The van der Waals surface area contributed by atoms with Crippen molar-refractivity contribution in [2.75, 3.05) is 5.75 Å². The van der Waals surface area contributed by atoms with Gasteiger partial charge >= 0.3 is 5.97 Å². The third-order valence-corrected chi connectivity index (χ3v) is 3.06. The highest BCUT2D eigenvalue weighted by atomic mass is 32.2. The van der Waals surface area contributed by atoms with Gasteiger partial charge in [-0.2, -0.15) is 5.10 Å². The highest BCUT2D eigenvalue weighted by molar-refractivity contribution is 8.15. The monoisotopic (exact) mass is 279 g/mol. The molecular formula is C11H9N3O4S. The molecule has 1 amide bonds. The summed E-state index contributed by atoms with van der Waals surface area (Å²) in [5.74, 6) is -1.35. The molecule has 0 unspecified atom stereocenters. The largest absolute Gasteiger partial charge is 0.507 e. The molecule has 1 aliphatic heterocycles. The minimum atomic E-state index is -1.22. The van der Waals surface area contributed by atoms with Crippen LogP contribution in [0.1, 0.15) is 15.9 Å². The van der Waals surface area contributed by atoms with E-state index in [4.69, 9.17) is 5.11 Å². The highest BCUT2D eigenvalue weighted by Crippen LogP contribution is 2.17. The Morgan fingerprint density at radius 2 is 2.26 bits per heavy atom. The van der Waals surface area contributed by atoms with E-state index in [1.165, 1.54) is 36.2 Å². The molecule has 0 aromatic heterocycles. The van der Waals surface area contributed by atoms with Crippen LogP contribution in [0.3, 0.4) is 0 Å². The number of thioether (sulfide) groups is 1. The molecule has 8 heteroatoms. The summed E-state index contributed by atoms with van der Waals surface area (Å²) < 4.78 is 0. The van der Waals surface area contributed by atoms with Crippen molar-refractivity contribution < 1.29 is 19.8 Å². The van der Waals surface area contributed by atoms with Crippen molar-refractivity contribution in [3.63, 3.8) is 0 Å². The second kappa shape index (κ2) is 5.53. The summed E-state index contributed by atoms with van der Waals surface area (Å²) in [4.78, 5) is 21.7. The molecule has 2 rings (SSSR count). The van der Waals surface area contributed by atoms with Crippen molar-refractivity contribution in [2.24, 2.45) is 10.2 Å². The van der Waals surface area contributed by atoms with Crippen LogP contribution in [0.2, 0.25) is 0 Å². The van der Waals surface area contributed by atoms with Gasteiger partial charge in [-0.25, -0.2) is 4.79 Å². The number of carbonyl (C=O) groups is 2. The number of aromatic carboxylic acids is 1. The lowest BCUT2D eigenvalue weighted by atomic mass is 10.1. The number of hydrogen-bond acceptors (Lipinski definition) is 6. The zero-order valence-corrected chi connectivity index (χ0v) is 10.3. The second-order valence-electron chi connectivity index (χ2n) is 3.57. The lowest BCUT2D eigenvalue weighted by molar-refractivity contribution is -0.116. The van der Waals surface area contributed by atoms with Gasteiger partial charge in [-0.05, 0) is 23.8 Å². The zero-order chi connectivity index (χ0) is 13.8. The van der Waals surface area contributed by atoms with Crippen molar-refractivity contribution in [3.8, 4) is 5.75 Å². The number of amidine groups is 1. The van der Waals surface area contributed by atoms with Gasteiger partial charge in [-0.1, -0.05) is 11.8 Å². The van der Waals surface area contributed by atoms with E-state index >= 15 is 0 Å². The molecule has 0 radical (unpaired) electrons. The maximum atomic E-state index is 10.9. The summed E-state index contributed by atoms with van der Waals surface area (Å²) in [5.41, 5.74) is 0.272. The molecule has 0 aliphatic carbocycles. The smallest absolute Gasteiger partial charge is 0.339 e. The van der Waals surface area contributed by atoms with E-state index in [2.05, 4.69) is 15.5 Å². The number of hydrogen-bond donors (Lipinski definition) is 3. The van der Waals surface area contributed by atoms with Gasteiger partial charge in [0, 0.05) is 0 Å². The third kappa shape index (κ3) is 3.32. The Kier molecular flexibility index (Phi) is 3.81. The molecule has 98 valence electrons. The van der Waals surface area contributed by atoms with Gasteiger partial charge in [0.25, 0.3) is 0 Å². The molecule has 0 bridgehead atoms. The average molecular weight is 279 g/mol. The molecule has 1 aliphatic rings. The fourth-order valence-corrected chi connectivity index (χ4v) is 1.96. The first-order valence-electron chi connectivity index (χ1n) is 5.16. The summed E-state index contributed by atoms with van der Waals surface area (Å²) in [5, 5.41) is 28.6. The number of aromatic hydroxyl groups is 1. The Balaban J connectivity index is 2.13. The quantitative estimate of drug-likeness (QED) is 0.555. The van der Waals surface area contributed by atoms with Crippen LogP contribution in [0.4, 0.5) is 0 Å². The predicted octanol–water partition coefficient (Wildman–Crippen LogP) is 0.643. The number of carboxylic acid groups (broad SMARTS) is 1. The van der Waals surface area contributed by atoms with E-state index < -0.39 is 5.97 Å². The van der Waals surface area contributed by atoms with Gasteiger partial charge in [0.1, 0.15) is 11.3 Å². The van der Waals surface area contributed by atoms with Crippen LogP contribution in [0.15, 0.2) is 28.4 Å². The predicted molar refractivity (Wildman–Crippen MR) is 70.7 cm³/mol. The van der Waals surface area contributed by atoms with E-state index in [-0.39, 0.29) is 17.2 Å². The third-order valence-electron chi connectivity index (χ3n) is 2.19. The fourth-order valence-electron chi connectivity index (χ4n) is 1.33. The average Bonchev–Trinajstić information content (AvgIpc) is 2.77.